The van der Waals surface area contributed by atoms with Crippen molar-refractivity contribution in [2.45, 2.75) is 38.6 Å². The minimum Gasteiger partial charge on any atom is -0.349 e. The molecule has 1 aliphatic carbocycles. The summed E-state index contributed by atoms with van der Waals surface area (Å²) in [6.07, 6.45) is 4.77. The summed E-state index contributed by atoms with van der Waals surface area (Å²) in [5.74, 6) is -0.272. The molecule has 1 aromatic rings. The van der Waals surface area contributed by atoms with Crippen molar-refractivity contribution in [3.63, 3.8) is 0 Å². The van der Waals surface area contributed by atoms with Crippen LogP contribution in [0.25, 0.3) is 0 Å². The smallest absolute Gasteiger partial charge is 0.254 e. The van der Waals surface area contributed by atoms with Crippen molar-refractivity contribution in [3.05, 3.63) is 34.1 Å². The molecule has 1 unspecified atom stereocenters. The molecule has 0 bridgehead atoms. The van der Waals surface area contributed by atoms with E-state index in [0.717, 1.165) is 12.8 Å². The summed E-state index contributed by atoms with van der Waals surface area (Å²) in [4.78, 5) is 12.0. The third-order valence-electron chi connectivity index (χ3n) is 3.64. The van der Waals surface area contributed by atoms with E-state index in [9.17, 15) is 9.18 Å². The number of amides is 1. The Labute approximate surface area is 115 Å². The van der Waals surface area contributed by atoms with Crippen LogP contribution in [0, 0.1) is 11.7 Å². The maximum atomic E-state index is 13.6. The van der Waals surface area contributed by atoms with Gasteiger partial charge in [-0.25, -0.2) is 4.39 Å². The minimum atomic E-state index is -0.477. The van der Waals surface area contributed by atoms with Gasteiger partial charge in [-0.1, -0.05) is 28.8 Å². The standard InChI is InChI=1S/C14H17BrFNO/c1-9(10-4-2-3-5-10)17-14(18)12-8-11(15)6-7-13(12)16/h6-10H,2-5H2,1H3,(H,17,18). The fourth-order valence-electron chi connectivity index (χ4n) is 2.53. The normalized spacial score (nSPS) is 17.7. The summed E-state index contributed by atoms with van der Waals surface area (Å²) >= 11 is 3.25. The van der Waals surface area contributed by atoms with Crippen LogP contribution in [0.4, 0.5) is 4.39 Å². The van der Waals surface area contributed by atoms with Crippen molar-refractivity contribution in [1.29, 1.82) is 0 Å². The van der Waals surface area contributed by atoms with E-state index in [1.165, 1.54) is 25.0 Å². The molecule has 2 rings (SSSR count). The van der Waals surface area contributed by atoms with Gasteiger partial charge >= 0.3 is 0 Å². The second-order valence-corrected chi connectivity index (χ2v) is 5.85. The SMILES string of the molecule is CC(NC(=O)c1cc(Br)ccc1F)C1CCCC1. The first kappa shape index (κ1) is 13.5. The molecule has 1 fully saturated rings. The van der Waals surface area contributed by atoms with Gasteiger partial charge in [0.25, 0.3) is 5.91 Å². The number of benzene rings is 1. The summed E-state index contributed by atoms with van der Waals surface area (Å²) in [5.41, 5.74) is 0.106. The molecule has 0 saturated heterocycles. The quantitative estimate of drug-likeness (QED) is 0.901. The second kappa shape index (κ2) is 5.83. The van der Waals surface area contributed by atoms with Gasteiger partial charge in [0, 0.05) is 10.5 Å². The zero-order valence-corrected chi connectivity index (χ0v) is 12.0. The molecule has 1 amide bonds. The first-order valence-electron chi connectivity index (χ1n) is 6.34. The van der Waals surface area contributed by atoms with E-state index in [-0.39, 0.29) is 17.5 Å². The number of hydrogen-bond donors (Lipinski definition) is 1. The summed E-state index contributed by atoms with van der Waals surface area (Å²) in [6, 6.07) is 4.52. The Morgan fingerprint density at radius 1 is 1.44 bits per heavy atom. The van der Waals surface area contributed by atoms with Crippen LogP contribution in [0.5, 0.6) is 0 Å². The average Bonchev–Trinajstić information content (AvgIpc) is 2.85. The van der Waals surface area contributed by atoms with Crippen LogP contribution in [-0.4, -0.2) is 11.9 Å². The van der Waals surface area contributed by atoms with Gasteiger partial charge in [0.15, 0.2) is 0 Å². The summed E-state index contributed by atoms with van der Waals surface area (Å²) in [5, 5.41) is 2.91. The van der Waals surface area contributed by atoms with Gasteiger partial charge in [0.2, 0.25) is 0 Å². The van der Waals surface area contributed by atoms with Gasteiger partial charge in [-0.3, -0.25) is 4.79 Å². The molecule has 98 valence electrons. The predicted molar refractivity (Wildman–Crippen MR) is 73.0 cm³/mol. The molecule has 0 radical (unpaired) electrons. The highest BCUT2D eigenvalue weighted by molar-refractivity contribution is 9.10. The fraction of sp³-hybridized carbons (Fsp3) is 0.500. The highest BCUT2D eigenvalue weighted by Crippen LogP contribution is 2.27. The van der Waals surface area contributed by atoms with E-state index in [1.54, 1.807) is 6.07 Å². The minimum absolute atomic E-state index is 0.106. The number of halogens is 2. The van der Waals surface area contributed by atoms with Crippen LogP contribution in [0.3, 0.4) is 0 Å². The van der Waals surface area contributed by atoms with Crippen molar-refractivity contribution >= 4 is 21.8 Å². The van der Waals surface area contributed by atoms with E-state index in [1.807, 2.05) is 6.92 Å². The maximum absolute atomic E-state index is 13.6. The van der Waals surface area contributed by atoms with Crippen LogP contribution < -0.4 is 5.32 Å². The third kappa shape index (κ3) is 3.10. The van der Waals surface area contributed by atoms with Crippen molar-refractivity contribution in [2.75, 3.05) is 0 Å². The van der Waals surface area contributed by atoms with Gasteiger partial charge in [-0.2, -0.15) is 0 Å². The third-order valence-corrected chi connectivity index (χ3v) is 4.13. The van der Waals surface area contributed by atoms with Crippen molar-refractivity contribution < 1.29 is 9.18 Å². The van der Waals surface area contributed by atoms with Gasteiger partial charge in [0.05, 0.1) is 5.56 Å². The van der Waals surface area contributed by atoms with Crippen molar-refractivity contribution in [3.8, 4) is 0 Å². The Bertz CT molecular complexity index is 443. The Balaban J connectivity index is 2.04. The summed E-state index contributed by atoms with van der Waals surface area (Å²) in [7, 11) is 0. The van der Waals surface area contributed by atoms with E-state index in [0.29, 0.717) is 10.4 Å². The molecular weight excluding hydrogens is 297 g/mol. The number of rotatable bonds is 3. The summed E-state index contributed by atoms with van der Waals surface area (Å²) < 4.78 is 14.3. The molecule has 0 spiro atoms. The highest BCUT2D eigenvalue weighted by atomic mass is 79.9. The molecule has 1 aliphatic rings. The van der Waals surface area contributed by atoms with Crippen LogP contribution in [0.15, 0.2) is 22.7 Å². The Kier molecular flexibility index (Phi) is 4.38. The topological polar surface area (TPSA) is 29.1 Å². The molecule has 0 aromatic heterocycles. The van der Waals surface area contributed by atoms with Gasteiger partial charge < -0.3 is 5.32 Å². The lowest BCUT2D eigenvalue weighted by molar-refractivity contribution is 0.0923. The number of carbonyl (C=O) groups excluding carboxylic acids is 1. The molecule has 1 atom stereocenters. The first-order chi connectivity index (χ1) is 8.58. The zero-order chi connectivity index (χ0) is 13.1. The van der Waals surface area contributed by atoms with Crippen LogP contribution in [0.2, 0.25) is 0 Å². The maximum Gasteiger partial charge on any atom is 0.254 e. The van der Waals surface area contributed by atoms with Gasteiger partial charge in [-0.15, -0.1) is 0 Å². The van der Waals surface area contributed by atoms with E-state index in [4.69, 9.17) is 0 Å². The van der Waals surface area contributed by atoms with E-state index in [2.05, 4.69) is 21.2 Å². The van der Waals surface area contributed by atoms with Crippen LogP contribution in [-0.2, 0) is 0 Å². The van der Waals surface area contributed by atoms with Crippen LogP contribution in [0.1, 0.15) is 43.0 Å². The average molecular weight is 314 g/mol. The van der Waals surface area contributed by atoms with Gasteiger partial charge in [-0.05, 0) is 43.9 Å². The molecule has 1 N–H and O–H groups in total. The lowest BCUT2D eigenvalue weighted by Crippen LogP contribution is -2.37. The number of carbonyl (C=O) groups is 1. The molecule has 1 aromatic carbocycles. The Morgan fingerprint density at radius 3 is 2.78 bits per heavy atom. The Morgan fingerprint density at radius 2 is 2.11 bits per heavy atom. The fourth-order valence-corrected chi connectivity index (χ4v) is 2.89. The zero-order valence-electron chi connectivity index (χ0n) is 10.4. The molecule has 0 aliphatic heterocycles. The van der Waals surface area contributed by atoms with Crippen molar-refractivity contribution in [2.24, 2.45) is 5.92 Å². The van der Waals surface area contributed by atoms with E-state index >= 15 is 0 Å². The lowest BCUT2D eigenvalue weighted by atomic mass is 9.99. The molecule has 4 heteroatoms. The second-order valence-electron chi connectivity index (χ2n) is 4.93. The number of nitrogens with one attached hydrogen (secondary N) is 1. The summed E-state index contributed by atoms with van der Waals surface area (Å²) in [6.45, 7) is 2.00. The Hall–Kier alpha value is -0.900. The highest BCUT2D eigenvalue weighted by Gasteiger charge is 2.24. The molecular formula is C14H17BrFNO. The largest absolute Gasteiger partial charge is 0.349 e. The molecule has 2 nitrogen and oxygen atoms in total. The molecule has 18 heavy (non-hydrogen) atoms. The molecule has 0 heterocycles. The number of hydrogen-bond acceptors (Lipinski definition) is 1. The van der Waals surface area contributed by atoms with Crippen LogP contribution >= 0.6 is 15.9 Å². The lowest BCUT2D eigenvalue weighted by Gasteiger charge is -2.20. The van der Waals surface area contributed by atoms with Gasteiger partial charge in [0.1, 0.15) is 5.82 Å². The monoisotopic (exact) mass is 313 g/mol. The molecule has 1 saturated carbocycles. The first-order valence-corrected chi connectivity index (χ1v) is 7.13. The van der Waals surface area contributed by atoms with Crippen molar-refractivity contribution in [1.82, 2.24) is 5.32 Å². The predicted octanol–water partition coefficient (Wildman–Crippen LogP) is 3.90. The van der Waals surface area contributed by atoms with E-state index < -0.39 is 5.82 Å².